The van der Waals surface area contributed by atoms with E-state index in [-0.39, 0.29) is 17.5 Å². The highest BCUT2D eigenvalue weighted by atomic mass is 32.2. The van der Waals surface area contributed by atoms with Crippen LogP contribution in [0.1, 0.15) is 55.9 Å². The molecule has 1 saturated heterocycles. The number of hydrogen-bond acceptors (Lipinski definition) is 5. The highest BCUT2D eigenvalue weighted by Gasteiger charge is 2.39. The van der Waals surface area contributed by atoms with Crippen LogP contribution in [0, 0.1) is 0 Å². The van der Waals surface area contributed by atoms with E-state index in [0.29, 0.717) is 19.7 Å². The van der Waals surface area contributed by atoms with Gasteiger partial charge in [-0.05, 0) is 78.9 Å². The lowest BCUT2D eigenvalue weighted by molar-refractivity contribution is -0.115. The van der Waals surface area contributed by atoms with Crippen LogP contribution in [0.4, 0.5) is 5.69 Å². The van der Waals surface area contributed by atoms with Gasteiger partial charge in [0.05, 0.1) is 6.54 Å². The summed E-state index contributed by atoms with van der Waals surface area (Å²) < 4.78 is 34.2. The Bertz CT molecular complexity index is 1010. The molecule has 0 unspecified atom stereocenters. The molecule has 1 amide bonds. The maximum Gasteiger partial charge on any atom is 0.239 e. The Hall–Kier alpha value is -1.26. The fourth-order valence-corrected chi connectivity index (χ4v) is 7.40. The van der Waals surface area contributed by atoms with Crippen molar-refractivity contribution in [1.82, 2.24) is 9.62 Å². The Morgan fingerprint density at radius 2 is 1.68 bits per heavy atom. The third-order valence-electron chi connectivity index (χ3n) is 8.21. The Kier molecular flexibility index (Phi) is 7.33. The molecule has 7 nitrogen and oxygen atoms in total. The van der Waals surface area contributed by atoms with E-state index in [1.807, 2.05) is 0 Å². The molecule has 9 heteroatoms. The van der Waals surface area contributed by atoms with E-state index in [4.69, 9.17) is 4.43 Å². The van der Waals surface area contributed by atoms with Crippen LogP contribution in [0.15, 0.2) is 6.07 Å². The van der Waals surface area contributed by atoms with Crippen LogP contribution in [0.25, 0.3) is 0 Å². The lowest BCUT2D eigenvalue weighted by Crippen LogP contribution is -2.59. The molecular formula is C25H41N3O4SSi. The number of benzene rings is 1. The summed E-state index contributed by atoms with van der Waals surface area (Å²) in [5.74, 6) is -0.281. The van der Waals surface area contributed by atoms with Crippen molar-refractivity contribution in [1.29, 1.82) is 0 Å². The molecule has 0 bridgehead atoms. The van der Waals surface area contributed by atoms with Crippen molar-refractivity contribution in [2.45, 2.75) is 82.7 Å². The van der Waals surface area contributed by atoms with Crippen LogP contribution in [-0.2, 0) is 44.9 Å². The minimum atomic E-state index is -3.53. The minimum Gasteiger partial charge on any atom is -0.416 e. The number of sulfonamides is 1. The molecule has 2 aliphatic carbocycles. The van der Waals surface area contributed by atoms with Gasteiger partial charge in [-0.3, -0.25) is 9.69 Å². The van der Waals surface area contributed by atoms with Crippen LogP contribution in [-0.4, -0.2) is 65.6 Å². The molecule has 1 heterocycles. The molecule has 1 aromatic rings. The van der Waals surface area contributed by atoms with Gasteiger partial charge in [0.25, 0.3) is 0 Å². The number of carbonyl (C=O) groups excluding carboxylic acids is 1. The first-order chi connectivity index (χ1) is 15.9. The maximum atomic E-state index is 12.7. The molecule has 190 valence electrons. The summed E-state index contributed by atoms with van der Waals surface area (Å²) >= 11 is 0. The number of likely N-dealkylation sites (tertiary alicyclic amines) is 1. The van der Waals surface area contributed by atoms with Gasteiger partial charge in [-0.25, -0.2) is 13.1 Å². The average molecular weight is 508 g/mol. The number of nitrogens with one attached hydrogen (secondary N) is 2. The van der Waals surface area contributed by atoms with Crippen LogP contribution in [0.2, 0.25) is 18.1 Å². The molecule has 2 N–H and O–H groups in total. The van der Waals surface area contributed by atoms with Gasteiger partial charge in [0.1, 0.15) is 5.25 Å². The summed E-state index contributed by atoms with van der Waals surface area (Å²) in [6.07, 6.45) is 6.34. The number of aryl methyl sites for hydroxylation is 2. The van der Waals surface area contributed by atoms with E-state index < -0.39 is 23.6 Å². The first-order valence-electron chi connectivity index (χ1n) is 12.7. The molecule has 0 saturated carbocycles. The van der Waals surface area contributed by atoms with Crippen molar-refractivity contribution >= 4 is 29.9 Å². The number of anilines is 1. The second-order valence-corrected chi connectivity index (χ2v) is 18.5. The van der Waals surface area contributed by atoms with Gasteiger partial charge in [0.2, 0.25) is 15.9 Å². The summed E-state index contributed by atoms with van der Waals surface area (Å²) in [5.41, 5.74) is 6.17. The predicted molar refractivity (Wildman–Crippen MR) is 139 cm³/mol. The summed E-state index contributed by atoms with van der Waals surface area (Å²) in [4.78, 5) is 14.8. The molecule has 1 aliphatic heterocycles. The van der Waals surface area contributed by atoms with Crippen LogP contribution < -0.4 is 10.0 Å². The standard InChI is InChI=1S/C25H41N3O4SSi/c1-25(2,3)34(4,5)32-13-12-28-16-20(17-28)33(30,31)26-15-23(29)27-24-21-10-6-8-18(21)14-19-9-7-11-22(19)24/h14,20,26H,6-13,15-17H2,1-5H3,(H,27,29). The van der Waals surface area contributed by atoms with Crippen molar-refractivity contribution in [2.24, 2.45) is 0 Å². The van der Waals surface area contributed by atoms with Crippen molar-refractivity contribution in [3.05, 3.63) is 28.3 Å². The number of hydrogen-bond donors (Lipinski definition) is 2. The number of fused-ring (bicyclic) bond motifs is 2. The molecule has 1 aromatic carbocycles. The Balaban J connectivity index is 1.24. The molecule has 34 heavy (non-hydrogen) atoms. The van der Waals surface area contributed by atoms with E-state index >= 15 is 0 Å². The van der Waals surface area contributed by atoms with Gasteiger partial charge in [0, 0.05) is 31.9 Å². The highest BCUT2D eigenvalue weighted by molar-refractivity contribution is 7.90. The number of rotatable bonds is 9. The monoisotopic (exact) mass is 507 g/mol. The van der Waals surface area contributed by atoms with Gasteiger partial charge >= 0.3 is 0 Å². The van der Waals surface area contributed by atoms with Crippen molar-refractivity contribution in [3.63, 3.8) is 0 Å². The number of carbonyl (C=O) groups is 1. The van der Waals surface area contributed by atoms with E-state index in [2.05, 4.69) is 54.9 Å². The quantitative estimate of drug-likeness (QED) is 0.501. The van der Waals surface area contributed by atoms with Gasteiger partial charge < -0.3 is 9.74 Å². The first-order valence-corrected chi connectivity index (χ1v) is 17.1. The van der Waals surface area contributed by atoms with Gasteiger partial charge in [-0.1, -0.05) is 26.8 Å². The van der Waals surface area contributed by atoms with Crippen molar-refractivity contribution in [3.8, 4) is 0 Å². The molecule has 4 rings (SSSR count). The molecule has 3 aliphatic rings. The van der Waals surface area contributed by atoms with E-state index in [1.165, 1.54) is 22.3 Å². The fourth-order valence-electron chi connectivity index (χ4n) is 4.98. The molecule has 0 atom stereocenters. The van der Waals surface area contributed by atoms with E-state index in [1.54, 1.807) is 0 Å². The third kappa shape index (κ3) is 5.43. The van der Waals surface area contributed by atoms with Crippen molar-refractivity contribution < 1.29 is 17.6 Å². The molecule has 0 aromatic heterocycles. The molecule has 0 radical (unpaired) electrons. The fraction of sp³-hybridized carbons (Fsp3) is 0.720. The molecule has 1 fully saturated rings. The average Bonchev–Trinajstić information content (AvgIpc) is 3.36. The number of amides is 1. The minimum absolute atomic E-state index is 0.165. The van der Waals surface area contributed by atoms with Gasteiger partial charge in [-0.15, -0.1) is 0 Å². The second-order valence-electron chi connectivity index (χ2n) is 11.6. The Labute approximate surface area is 206 Å². The molecule has 0 spiro atoms. The zero-order valence-electron chi connectivity index (χ0n) is 21.4. The summed E-state index contributed by atoms with van der Waals surface area (Å²) in [7, 11) is -5.31. The summed E-state index contributed by atoms with van der Waals surface area (Å²) in [6, 6.07) is 2.32. The van der Waals surface area contributed by atoms with Crippen LogP contribution in [0.3, 0.4) is 0 Å². The summed E-state index contributed by atoms with van der Waals surface area (Å²) in [6.45, 7) is 13.2. The first kappa shape index (κ1) is 25.8. The Morgan fingerprint density at radius 3 is 2.24 bits per heavy atom. The zero-order chi connectivity index (χ0) is 24.7. The van der Waals surface area contributed by atoms with Gasteiger partial charge in [-0.2, -0.15) is 0 Å². The van der Waals surface area contributed by atoms with Crippen LogP contribution >= 0.6 is 0 Å². The topological polar surface area (TPSA) is 87.7 Å². The smallest absolute Gasteiger partial charge is 0.239 e. The predicted octanol–water partition coefficient (Wildman–Crippen LogP) is 3.23. The Morgan fingerprint density at radius 1 is 1.09 bits per heavy atom. The normalized spacial score (nSPS) is 19.1. The van der Waals surface area contributed by atoms with E-state index in [9.17, 15) is 13.2 Å². The zero-order valence-corrected chi connectivity index (χ0v) is 23.2. The third-order valence-corrected chi connectivity index (χ3v) is 14.5. The lowest BCUT2D eigenvalue weighted by atomic mass is 9.98. The second kappa shape index (κ2) is 9.65. The summed E-state index contributed by atoms with van der Waals surface area (Å²) in [5, 5.41) is 2.76. The molecular weight excluding hydrogens is 466 g/mol. The van der Waals surface area contributed by atoms with E-state index in [0.717, 1.165) is 50.8 Å². The largest absolute Gasteiger partial charge is 0.416 e. The SMILES string of the molecule is CC(C)(C)[Si](C)(C)OCCN1CC(S(=O)(=O)NCC(=O)Nc2c3c(cc4c2CCC4)CCC3)C1. The maximum absolute atomic E-state index is 12.7. The van der Waals surface area contributed by atoms with Crippen LogP contribution in [0.5, 0.6) is 0 Å². The number of nitrogens with zero attached hydrogens (tertiary/aromatic N) is 1. The lowest BCUT2D eigenvalue weighted by Gasteiger charge is -2.40. The van der Waals surface area contributed by atoms with Crippen molar-refractivity contribution in [2.75, 3.05) is 38.1 Å². The van der Waals surface area contributed by atoms with Gasteiger partial charge in [0.15, 0.2) is 8.32 Å². The highest BCUT2D eigenvalue weighted by Crippen LogP contribution is 2.39.